The number of carbonyl (C=O) groups excluding carboxylic acids is 2. The summed E-state index contributed by atoms with van der Waals surface area (Å²) in [5.74, 6) is 0.375. The fourth-order valence-electron chi connectivity index (χ4n) is 3.37. The lowest BCUT2D eigenvalue weighted by Crippen LogP contribution is -2.59. The molecule has 0 radical (unpaired) electrons. The molecule has 2 fully saturated rings. The summed E-state index contributed by atoms with van der Waals surface area (Å²) in [5, 5.41) is 0. The average molecular weight is 300 g/mol. The van der Waals surface area contributed by atoms with Crippen LogP contribution in [0.4, 0.5) is 5.69 Å². The zero-order chi connectivity index (χ0) is 15.7. The Morgan fingerprint density at radius 2 is 1.95 bits per heavy atom. The molecule has 1 saturated heterocycles. The molecule has 4 heteroatoms. The molecule has 4 nitrogen and oxygen atoms in total. The van der Waals surface area contributed by atoms with Crippen LogP contribution in [0.2, 0.25) is 0 Å². The van der Waals surface area contributed by atoms with Crippen molar-refractivity contribution in [3.8, 4) is 0 Å². The maximum Gasteiger partial charge on any atom is 0.249 e. The van der Waals surface area contributed by atoms with Gasteiger partial charge in [0, 0.05) is 24.7 Å². The van der Waals surface area contributed by atoms with Crippen molar-refractivity contribution in [3.05, 3.63) is 29.8 Å². The van der Waals surface area contributed by atoms with Gasteiger partial charge in [0.1, 0.15) is 6.04 Å². The second-order valence-electron chi connectivity index (χ2n) is 6.31. The first kappa shape index (κ1) is 15.1. The van der Waals surface area contributed by atoms with Crippen molar-refractivity contribution >= 4 is 17.5 Å². The maximum absolute atomic E-state index is 12.8. The van der Waals surface area contributed by atoms with Gasteiger partial charge in [0.05, 0.1) is 0 Å². The number of amides is 2. The summed E-state index contributed by atoms with van der Waals surface area (Å²) in [7, 11) is 0. The van der Waals surface area contributed by atoms with Gasteiger partial charge < -0.3 is 9.80 Å². The summed E-state index contributed by atoms with van der Waals surface area (Å²) in [6, 6.07) is 7.70. The molecular formula is C18H24N2O2. The zero-order valence-electron chi connectivity index (χ0n) is 13.4. The number of aryl methyl sites for hydroxylation is 1. The summed E-state index contributed by atoms with van der Waals surface area (Å²) in [4.78, 5) is 28.9. The Labute approximate surface area is 132 Å². The molecule has 2 aliphatic rings. The van der Waals surface area contributed by atoms with Crippen LogP contribution in [0.25, 0.3) is 0 Å². The van der Waals surface area contributed by atoms with E-state index in [-0.39, 0.29) is 23.8 Å². The van der Waals surface area contributed by atoms with Crippen molar-refractivity contribution in [2.24, 2.45) is 5.92 Å². The Morgan fingerprint density at radius 3 is 2.59 bits per heavy atom. The molecule has 0 N–H and O–H groups in total. The molecule has 0 aromatic heterocycles. The van der Waals surface area contributed by atoms with Crippen LogP contribution in [0, 0.1) is 5.92 Å². The van der Waals surface area contributed by atoms with E-state index in [1.54, 1.807) is 4.90 Å². The standard InChI is InChI=1S/C18H24N2O2/c1-3-14-7-4-5-10-16(14)20-12-11-19(13(2)17(20)21)18(22)15-8-6-9-15/h4-5,7,10,13,15H,3,6,8-9,11-12H2,1-2H3/t13-/m1/s1. The molecule has 1 aliphatic heterocycles. The van der Waals surface area contributed by atoms with Gasteiger partial charge in [-0.3, -0.25) is 9.59 Å². The molecule has 1 atom stereocenters. The predicted octanol–water partition coefficient (Wildman–Crippen LogP) is 2.61. The van der Waals surface area contributed by atoms with Gasteiger partial charge in [-0.1, -0.05) is 31.5 Å². The quantitative estimate of drug-likeness (QED) is 0.861. The molecule has 3 rings (SSSR count). The normalized spacial score (nSPS) is 22.6. The van der Waals surface area contributed by atoms with E-state index in [0.29, 0.717) is 13.1 Å². The first-order valence-electron chi connectivity index (χ1n) is 8.33. The highest BCUT2D eigenvalue weighted by molar-refractivity contribution is 6.01. The third-order valence-electron chi connectivity index (χ3n) is 5.06. The largest absolute Gasteiger partial charge is 0.329 e. The van der Waals surface area contributed by atoms with Crippen molar-refractivity contribution in [2.75, 3.05) is 18.0 Å². The first-order valence-corrected chi connectivity index (χ1v) is 8.33. The molecule has 1 aromatic rings. The lowest BCUT2D eigenvalue weighted by molar-refractivity contribution is -0.146. The summed E-state index contributed by atoms with van der Waals surface area (Å²) in [6.45, 7) is 5.20. The van der Waals surface area contributed by atoms with E-state index in [4.69, 9.17) is 0 Å². The van der Waals surface area contributed by atoms with Crippen LogP contribution in [0.1, 0.15) is 38.7 Å². The highest BCUT2D eigenvalue weighted by atomic mass is 16.2. The van der Waals surface area contributed by atoms with Crippen LogP contribution in [0.5, 0.6) is 0 Å². The third-order valence-corrected chi connectivity index (χ3v) is 5.06. The van der Waals surface area contributed by atoms with Crippen molar-refractivity contribution in [1.29, 1.82) is 0 Å². The van der Waals surface area contributed by atoms with Crippen molar-refractivity contribution < 1.29 is 9.59 Å². The molecule has 0 bridgehead atoms. The monoisotopic (exact) mass is 300 g/mol. The van der Waals surface area contributed by atoms with Gasteiger partial charge in [0.2, 0.25) is 11.8 Å². The lowest BCUT2D eigenvalue weighted by atomic mass is 9.84. The molecule has 0 spiro atoms. The molecule has 1 aromatic carbocycles. The molecule has 1 heterocycles. The Morgan fingerprint density at radius 1 is 1.23 bits per heavy atom. The topological polar surface area (TPSA) is 40.6 Å². The number of hydrogen-bond donors (Lipinski definition) is 0. The van der Waals surface area contributed by atoms with E-state index in [1.165, 1.54) is 5.56 Å². The SMILES string of the molecule is CCc1ccccc1N1CCN(C(=O)C2CCC2)[C@H](C)C1=O. The highest BCUT2D eigenvalue weighted by Crippen LogP contribution is 2.31. The molecular weight excluding hydrogens is 276 g/mol. The van der Waals surface area contributed by atoms with Crippen molar-refractivity contribution in [3.63, 3.8) is 0 Å². The van der Waals surface area contributed by atoms with Crippen molar-refractivity contribution in [1.82, 2.24) is 4.90 Å². The van der Waals surface area contributed by atoms with E-state index in [1.807, 2.05) is 30.0 Å². The summed E-state index contributed by atoms with van der Waals surface area (Å²) < 4.78 is 0. The van der Waals surface area contributed by atoms with Crippen LogP contribution in [-0.2, 0) is 16.0 Å². The number of hydrogen-bond acceptors (Lipinski definition) is 2. The first-order chi connectivity index (χ1) is 10.6. The second-order valence-corrected chi connectivity index (χ2v) is 6.31. The maximum atomic E-state index is 12.8. The van der Waals surface area contributed by atoms with Gasteiger partial charge in [-0.05, 0) is 37.8 Å². The van der Waals surface area contributed by atoms with E-state index in [2.05, 4.69) is 13.0 Å². The zero-order valence-corrected chi connectivity index (χ0v) is 13.4. The van der Waals surface area contributed by atoms with E-state index < -0.39 is 0 Å². The minimum atomic E-state index is -0.355. The number of carbonyl (C=O) groups is 2. The molecule has 1 aliphatic carbocycles. The number of benzene rings is 1. The Kier molecular flexibility index (Phi) is 4.19. The van der Waals surface area contributed by atoms with Crippen LogP contribution < -0.4 is 4.90 Å². The van der Waals surface area contributed by atoms with Crippen molar-refractivity contribution in [2.45, 2.75) is 45.6 Å². The third kappa shape index (κ3) is 2.51. The number of anilines is 1. The van der Waals surface area contributed by atoms with E-state index >= 15 is 0 Å². The van der Waals surface area contributed by atoms with Gasteiger partial charge >= 0.3 is 0 Å². The fourth-order valence-corrected chi connectivity index (χ4v) is 3.37. The smallest absolute Gasteiger partial charge is 0.249 e. The summed E-state index contributed by atoms with van der Waals surface area (Å²) in [5.41, 5.74) is 2.18. The molecule has 1 saturated carbocycles. The second kappa shape index (κ2) is 6.11. The highest BCUT2D eigenvalue weighted by Gasteiger charge is 2.39. The van der Waals surface area contributed by atoms with E-state index in [0.717, 1.165) is 31.4 Å². The predicted molar refractivity (Wildman–Crippen MR) is 86.7 cm³/mol. The Hall–Kier alpha value is -1.84. The van der Waals surface area contributed by atoms with Crippen LogP contribution in [0.15, 0.2) is 24.3 Å². The molecule has 22 heavy (non-hydrogen) atoms. The fraction of sp³-hybridized carbons (Fsp3) is 0.556. The van der Waals surface area contributed by atoms with E-state index in [9.17, 15) is 9.59 Å². The van der Waals surface area contributed by atoms with Crippen LogP contribution in [-0.4, -0.2) is 35.8 Å². The van der Waals surface area contributed by atoms with Gasteiger partial charge in [-0.25, -0.2) is 0 Å². The summed E-state index contributed by atoms with van der Waals surface area (Å²) in [6.07, 6.45) is 4.01. The molecule has 118 valence electrons. The number of para-hydroxylation sites is 1. The Bertz CT molecular complexity index is 580. The minimum absolute atomic E-state index is 0.0415. The van der Waals surface area contributed by atoms with Gasteiger partial charge in [0.15, 0.2) is 0 Å². The molecule has 0 unspecified atom stereocenters. The Balaban J connectivity index is 1.78. The number of piperazine rings is 1. The van der Waals surface area contributed by atoms with Gasteiger partial charge in [-0.2, -0.15) is 0 Å². The number of nitrogens with zero attached hydrogens (tertiary/aromatic N) is 2. The minimum Gasteiger partial charge on any atom is -0.329 e. The van der Waals surface area contributed by atoms with Crippen LogP contribution in [0.3, 0.4) is 0 Å². The lowest BCUT2D eigenvalue weighted by Gasteiger charge is -2.42. The summed E-state index contributed by atoms with van der Waals surface area (Å²) >= 11 is 0. The van der Waals surface area contributed by atoms with Gasteiger partial charge in [0.25, 0.3) is 0 Å². The van der Waals surface area contributed by atoms with Crippen LogP contribution >= 0.6 is 0 Å². The number of rotatable bonds is 3. The van der Waals surface area contributed by atoms with Gasteiger partial charge in [-0.15, -0.1) is 0 Å². The average Bonchev–Trinajstić information content (AvgIpc) is 2.48. The molecule has 2 amide bonds.